The van der Waals surface area contributed by atoms with Gasteiger partial charge in [-0.25, -0.2) is 8.78 Å². The highest BCUT2D eigenvalue weighted by Gasteiger charge is 2.18. The van der Waals surface area contributed by atoms with Gasteiger partial charge in [0.25, 0.3) is 5.69 Å². The van der Waals surface area contributed by atoms with Gasteiger partial charge in [0, 0.05) is 6.07 Å². The second-order valence-electron chi connectivity index (χ2n) is 4.52. The molecule has 0 saturated carbocycles. The van der Waals surface area contributed by atoms with Crippen LogP contribution in [0.25, 0.3) is 0 Å². The van der Waals surface area contributed by atoms with Crippen LogP contribution in [0.15, 0.2) is 35.4 Å². The van der Waals surface area contributed by atoms with E-state index in [9.17, 15) is 18.9 Å². The molecule has 0 aliphatic rings. The lowest BCUT2D eigenvalue weighted by Crippen LogP contribution is -2.00. The van der Waals surface area contributed by atoms with Crippen LogP contribution in [0.2, 0.25) is 0 Å². The van der Waals surface area contributed by atoms with E-state index in [2.05, 4.69) is 10.5 Å². The minimum absolute atomic E-state index is 0.0734. The predicted molar refractivity (Wildman–Crippen MR) is 83.8 cm³/mol. The van der Waals surface area contributed by atoms with Gasteiger partial charge in [0.15, 0.2) is 17.3 Å². The molecule has 0 fully saturated rings. The molecule has 2 aromatic carbocycles. The Morgan fingerprint density at radius 1 is 1.17 bits per heavy atom. The predicted octanol–water partition coefficient (Wildman–Crippen LogP) is 3.34. The van der Waals surface area contributed by atoms with Gasteiger partial charge in [-0.15, -0.1) is 0 Å². The number of nitrogens with one attached hydrogen (secondary N) is 1. The van der Waals surface area contributed by atoms with Crippen molar-refractivity contribution in [3.63, 3.8) is 0 Å². The Kier molecular flexibility index (Phi) is 5.25. The summed E-state index contributed by atoms with van der Waals surface area (Å²) in [7, 11) is 2.74. The summed E-state index contributed by atoms with van der Waals surface area (Å²) in [4.78, 5) is 10.5. The quantitative estimate of drug-likeness (QED) is 0.496. The number of anilines is 1. The van der Waals surface area contributed by atoms with E-state index in [1.165, 1.54) is 26.4 Å². The average molecular weight is 337 g/mol. The zero-order valence-corrected chi connectivity index (χ0v) is 12.7. The normalized spacial score (nSPS) is 10.7. The second kappa shape index (κ2) is 7.36. The monoisotopic (exact) mass is 337 g/mol. The number of methoxy groups -OCH3 is 2. The van der Waals surface area contributed by atoms with E-state index >= 15 is 0 Å². The van der Waals surface area contributed by atoms with Crippen molar-refractivity contribution in [2.45, 2.75) is 0 Å². The molecule has 126 valence electrons. The van der Waals surface area contributed by atoms with Crippen LogP contribution in [0, 0.1) is 21.7 Å². The van der Waals surface area contributed by atoms with Gasteiger partial charge in [0.1, 0.15) is 5.82 Å². The third-order valence-corrected chi connectivity index (χ3v) is 3.05. The molecule has 0 amide bonds. The molecule has 24 heavy (non-hydrogen) atoms. The van der Waals surface area contributed by atoms with Gasteiger partial charge in [-0.2, -0.15) is 5.10 Å². The van der Waals surface area contributed by atoms with Crippen LogP contribution >= 0.6 is 0 Å². The van der Waals surface area contributed by atoms with Crippen molar-refractivity contribution in [3.8, 4) is 11.5 Å². The summed E-state index contributed by atoms with van der Waals surface area (Å²) in [6.07, 6.45) is 1.13. The van der Waals surface area contributed by atoms with E-state index in [1.807, 2.05) is 0 Å². The zero-order chi connectivity index (χ0) is 17.7. The summed E-state index contributed by atoms with van der Waals surface area (Å²) in [5, 5.41) is 14.9. The van der Waals surface area contributed by atoms with Gasteiger partial charge < -0.3 is 9.47 Å². The van der Waals surface area contributed by atoms with Gasteiger partial charge in [-0.3, -0.25) is 15.5 Å². The number of hydrazone groups is 1. The Bertz CT molecular complexity index is 797. The lowest BCUT2D eigenvalue weighted by Gasteiger charge is -2.08. The number of hydrogen-bond acceptors (Lipinski definition) is 6. The molecular formula is C15H13F2N3O4. The Balaban J connectivity index is 2.31. The maximum absolute atomic E-state index is 13.5. The standard InChI is InChI=1S/C15H13F2N3O4/c1-23-14-5-9(13(20(21)22)7-15(14)24-2)8-18-19-12-4-3-10(16)6-11(12)17/h3-8,19H,1-2H3/b18-8-. The molecule has 2 aromatic rings. The van der Waals surface area contributed by atoms with Gasteiger partial charge >= 0.3 is 0 Å². The molecule has 0 spiro atoms. The largest absolute Gasteiger partial charge is 0.493 e. The summed E-state index contributed by atoms with van der Waals surface area (Å²) in [5.74, 6) is -1.09. The SMILES string of the molecule is COc1cc(/C=N\Nc2ccc(F)cc2F)c([N+](=O)[O-])cc1OC. The van der Waals surface area contributed by atoms with Gasteiger partial charge in [0.2, 0.25) is 0 Å². The summed E-state index contributed by atoms with van der Waals surface area (Å²) >= 11 is 0. The Hall–Kier alpha value is -3.23. The Morgan fingerprint density at radius 3 is 2.42 bits per heavy atom. The van der Waals surface area contributed by atoms with Crippen molar-refractivity contribution < 1.29 is 23.2 Å². The minimum atomic E-state index is -0.839. The van der Waals surface area contributed by atoms with Gasteiger partial charge in [-0.05, 0) is 18.2 Å². The summed E-state index contributed by atoms with van der Waals surface area (Å²) in [5.41, 5.74) is 2.13. The summed E-state index contributed by atoms with van der Waals surface area (Å²) < 4.78 is 36.4. The van der Waals surface area contributed by atoms with E-state index < -0.39 is 16.6 Å². The van der Waals surface area contributed by atoms with Crippen LogP contribution in [0.5, 0.6) is 11.5 Å². The molecular weight excluding hydrogens is 324 g/mol. The Labute approximate surface area is 135 Å². The number of rotatable bonds is 6. The number of ether oxygens (including phenoxy) is 2. The lowest BCUT2D eigenvalue weighted by atomic mass is 10.1. The molecule has 0 heterocycles. The highest BCUT2D eigenvalue weighted by Crippen LogP contribution is 2.33. The highest BCUT2D eigenvalue weighted by molar-refractivity contribution is 5.87. The van der Waals surface area contributed by atoms with Crippen molar-refractivity contribution in [1.82, 2.24) is 0 Å². The van der Waals surface area contributed by atoms with Crippen LogP contribution in [0.1, 0.15) is 5.56 Å². The first-order valence-electron chi connectivity index (χ1n) is 6.60. The molecule has 0 radical (unpaired) electrons. The number of hydrogen-bond donors (Lipinski definition) is 1. The number of nitrogens with zero attached hydrogens (tertiary/aromatic N) is 2. The average Bonchev–Trinajstić information content (AvgIpc) is 2.56. The van der Waals surface area contributed by atoms with E-state index in [0.717, 1.165) is 18.3 Å². The number of nitro groups is 1. The fraction of sp³-hybridized carbons (Fsp3) is 0.133. The Morgan fingerprint density at radius 2 is 1.83 bits per heavy atom. The minimum Gasteiger partial charge on any atom is -0.493 e. The number of nitro benzene ring substituents is 1. The van der Waals surface area contributed by atoms with Crippen LogP contribution in [-0.4, -0.2) is 25.4 Å². The van der Waals surface area contributed by atoms with Crippen LogP contribution in [-0.2, 0) is 0 Å². The van der Waals surface area contributed by atoms with Crippen molar-refractivity contribution >= 4 is 17.6 Å². The van der Waals surface area contributed by atoms with E-state index in [0.29, 0.717) is 6.07 Å². The van der Waals surface area contributed by atoms with E-state index in [-0.39, 0.29) is 28.4 Å². The third kappa shape index (κ3) is 3.75. The molecule has 0 aromatic heterocycles. The molecule has 1 N–H and O–H groups in total. The summed E-state index contributed by atoms with van der Waals surface area (Å²) in [6.45, 7) is 0. The van der Waals surface area contributed by atoms with Crippen molar-refractivity contribution in [3.05, 3.63) is 57.6 Å². The zero-order valence-electron chi connectivity index (χ0n) is 12.7. The van der Waals surface area contributed by atoms with Crippen molar-refractivity contribution in [1.29, 1.82) is 0 Å². The first-order chi connectivity index (χ1) is 11.5. The molecule has 0 bridgehead atoms. The van der Waals surface area contributed by atoms with Gasteiger partial charge in [-0.1, -0.05) is 0 Å². The highest BCUT2D eigenvalue weighted by atomic mass is 19.1. The van der Waals surface area contributed by atoms with E-state index in [4.69, 9.17) is 9.47 Å². The van der Waals surface area contributed by atoms with Crippen LogP contribution < -0.4 is 14.9 Å². The first kappa shape index (κ1) is 17.1. The molecule has 0 aliphatic heterocycles. The third-order valence-electron chi connectivity index (χ3n) is 3.05. The number of benzene rings is 2. The fourth-order valence-corrected chi connectivity index (χ4v) is 1.90. The topological polar surface area (TPSA) is 86.0 Å². The smallest absolute Gasteiger partial charge is 0.282 e. The fourth-order valence-electron chi connectivity index (χ4n) is 1.90. The molecule has 0 atom stereocenters. The molecule has 0 saturated heterocycles. The van der Waals surface area contributed by atoms with Crippen molar-refractivity contribution in [2.75, 3.05) is 19.6 Å². The molecule has 7 nitrogen and oxygen atoms in total. The van der Waals surface area contributed by atoms with E-state index in [1.54, 1.807) is 0 Å². The molecule has 0 aliphatic carbocycles. The second-order valence-corrected chi connectivity index (χ2v) is 4.52. The maximum atomic E-state index is 13.5. The molecule has 0 unspecified atom stereocenters. The van der Waals surface area contributed by atoms with Gasteiger partial charge in [0.05, 0.1) is 42.7 Å². The maximum Gasteiger partial charge on any atom is 0.282 e. The lowest BCUT2D eigenvalue weighted by molar-refractivity contribution is -0.385. The van der Waals surface area contributed by atoms with Crippen molar-refractivity contribution in [2.24, 2.45) is 5.10 Å². The van der Waals surface area contributed by atoms with Crippen LogP contribution in [0.4, 0.5) is 20.2 Å². The molecule has 2 rings (SSSR count). The summed E-state index contributed by atoms with van der Waals surface area (Å²) in [6, 6.07) is 5.46. The first-order valence-corrected chi connectivity index (χ1v) is 6.60. The molecule has 9 heteroatoms. The van der Waals surface area contributed by atoms with Crippen LogP contribution in [0.3, 0.4) is 0 Å². The number of halogens is 2.